The van der Waals surface area contributed by atoms with Gasteiger partial charge in [0.2, 0.25) is 5.91 Å². The van der Waals surface area contributed by atoms with Gasteiger partial charge in [-0.2, -0.15) is 0 Å². The molecule has 1 aromatic rings. The predicted molar refractivity (Wildman–Crippen MR) is 68.7 cm³/mol. The second-order valence-electron chi connectivity index (χ2n) is 4.97. The number of rotatable bonds is 2. The molecule has 4 heteroatoms. The summed E-state index contributed by atoms with van der Waals surface area (Å²) < 4.78 is 0. The van der Waals surface area contributed by atoms with E-state index in [9.17, 15) is 9.59 Å². The van der Waals surface area contributed by atoms with E-state index < -0.39 is 11.9 Å². The Morgan fingerprint density at radius 3 is 2.39 bits per heavy atom. The lowest BCUT2D eigenvalue weighted by atomic mass is 10.0. The molecule has 1 fully saturated rings. The molecule has 1 amide bonds. The van der Waals surface area contributed by atoms with Gasteiger partial charge < -0.3 is 10.0 Å². The number of carboxylic acids is 1. The van der Waals surface area contributed by atoms with Crippen molar-refractivity contribution >= 4 is 17.6 Å². The van der Waals surface area contributed by atoms with Crippen molar-refractivity contribution in [1.29, 1.82) is 0 Å². The summed E-state index contributed by atoms with van der Waals surface area (Å²) in [5, 5.41) is 8.98. The third-order valence-electron chi connectivity index (χ3n) is 3.58. The Bertz CT molecular complexity index is 522. The molecule has 4 nitrogen and oxygen atoms in total. The quantitative estimate of drug-likeness (QED) is 0.870. The predicted octanol–water partition coefficient (Wildman–Crippen LogP) is 2.05. The van der Waals surface area contributed by atoms with Gasteiger partial charge in [-0.25, -0.2) is 0 Å². The number of hydrogen-bond acceptors (Lipinski definition) is 2. The third-order valence-corrected chi connectivity index (χ3v) is 3.58. The minimum Gasteiger partial charge on any atom is -0.481 e. The first kappa shape index (κ1) is 12.6. The van der Waals surface area contributed by atoms with Crippen LogP contribution >= 0.6 is 0 Å². The molecule has 1 unspecified atom stereocenters. The zero-order valence-electron chi connectivity index (χ0n) is 10.9. The van der Waals surface area contributed by atoms with Gasteiger partial charge in [0.05, 0.1) is 5.92 Å². The van der Waals surface area contributed by atoms with Crippen LogP contribution < -0.4 is 4.90 Å². The Morgan fingerprint density at radius 1 is 1.22 bits per heavy atom. The van der Waals surface area contributed by atoms with Gasteiger partial charge in [0.15, 0.2) is 0 Å². The monoisotopic (exact) mass is 247 g/mol. The summed E-state index contributed by atoms with van der Waals surface area (Å²) in [5.41, 5.74) is 4.14. The van der Waals surface area contributed by atoms with E-state index in [2.05, 4.69) is 0 Å². The van der Waals surface area contributed by atoms with E-state index in [4.69, 9.17) is 5.11 Å². The standard InChI is InChI=1S/C14H17NO3/c1-8-4-10(3)12(5-9(8)2)15-7-11(14(17)18)6-13(15)16/h4-5,11H,6-7H2,1-3H3,(H,17,18). The van der Waals surface area contributed by atoms with E-state index in [0.29, 0.717) is 0 Å². The normalized spacial score (nSPS) is 19.4. The summed E-state index contributed by atoms with van der Waals surface area (Å²) in [4.78, 5) is 24.4. The highest BCUT2D eigenvalue weighted by Crippen LogP contribution is 2.30. The molecule has 1 aliphatic heterocycles. The number of carbonyl (C=O) groups is 2. The van der Waals surface area contributed by atoms with E-state index in [0.717, 1.165) is 16.8 Å². The van der Waals surface area contributed by atoms with Crippen LogP contribution in [-0.4, -0.2) is 23.5 Å². The van der Waals surface area contributed by atoms with Crippen molar-refractivity contribution < 1.29 is 14.7 Å². The van der Waals surface area contributed by atoms with Gasteiger partial charge in [-0.05, 0) is 43.5 Å². The SMILES string of the molecule is Cc1cc(C)c(N2CC(C(=O)O)CC2=O)cc1C. The number of carboxylic acid groups (broad SMARTS) is 1. The van der Waals surface area contributed by atoms with Crippen LogP contribution in [0.2, 0.25) is 0 Å². The summed E-state index contributed by atoms with van der Waals surface area (Å²) in [7, 11) is 0. The molecule has 0 bridgehead atoms. The fraction of sp³-hybridized carbons (Fsp3) is 0.429. The first-order valence-electron chi connectivity index (χ1n) is 6.01. The molecule has 1 heterocycles. The van der Waals surface area contributed by atoms with E-state index in [-0.39, 0.29) is 18.9 Å². The second kappa shape index (κ2) is 4.44. The van der Waals surface area contributed by atoms with E-state index in [1.807, 2.05) is 32.9 Å². The van der Waals surface area contributed by atoms with Crippen LogP contribution in [0.1, 0.15) is 23.1 Å². The molecule has 0 aliphatic carbocycles. The first-order valence-corrected chi connectivity index (χ1v) is 6.01. The van der Waals surface area contributed by atoms with Crippen molar-refractivity contribution in [3.8, 4) is 0 Å². The van der Waals surface area contributed by atoms with Gasteiger partial charge in [-0.1, -0.05) is 6.07 Å². The number of aliphatic carboxylic acids is 1. The lowest BCUT2D eigenvalue weighted by molar-refractivity contribution is -0.141. The van der Waals surface area contributed by atoms with Crippen LogP contribution in [0.4, 0.5) is 5.69 Å². The molecule has 0 aromatic heterocycles. The summed E-state index contributed by atoms with van der Waals surface area (Å²) in [6.07, 6.45) is 0.0989. The Hall–Kier alpha value is -1.84. The maximum Gasteiger partial charge on any atom is 0.308 e. The second-order valence-corrected chi connectivity index (χ2v) is 4.97. The summed E-state index contributed by atoms with van der Waals surface area (Å²) in [5.74, 6) is -1.58. The third kappa shape index (κ3) is 2.10. The zero-order valence-corrected chi connectivity index (χ0v) is 10.9. The maximum atomic E-state index is 11.9. The van der Waals surface area contributed by atoms with Crippen LogP contribution in [0.3, 0.4) is 0 Å². The molecule has 1 aliphatic rings. The Labute approximate surface area is 106 Å². The molecule has 1 atom stereocenters. The van der Waals surface area contributed by atoms with Crippen molar-refractivity contribution in [3.05, 3.63) is 28.8 Å². The van der Waals surface area contributed by atoms with Crippen molar-refractivity contribution in [2.75, 3.05) is 11.4 Å². The molecule has 0 spiro atoms. The van der Waals surface area contributed by atoms with Gasteiger partial charge in [0.25, 0.3) is 0 Å². The summed E-state index contributed by atoms with van der Waals surface area (Å²) in [6.45, 7) is 6.24. The molecule has 18 heavy (non-hydrogen) atoms. The van der Waals surface area contributed by atoms with Crippen LogP contribution in [0, 0.1) is 26.7 Å². The highest BCUT2D eigenvalue weighted by Gasteiger charge is 2.35. The van der Waals surface area contributed by atoms with Crippen LogP contribution in [0.25, 0.3) is 0 Å². The molecule has 1 N–H and O–H groups in total. The summed E-state index contributed by atoms with van der Waals surface area (Å²) >= 11 is 0. The van der Waals surface area contributed by atoms with Crippen molar-refractivity contribution in [3.63, 3.8) is 0 Å². The number of amides is 1. The van der Waals surface area contributed by atoms with Crippen molar-refractivity contribution in [2.45, 2.75) is 27.2 Å². The Kier molecular flexibility index (Phi) is 3.11. The van der Waals surface area contributed by atoms with E-state index in [1.165, 1.54) is 5.56 Å². The van der Waals surface area contributed by atoms with Gasteiger partial charge >= 0.3 is 5.97 Å². The number of benzene rings is 1. The van der Waals surface area contributed by atoms with E-state index in [1.54, 1.807) is 4.90 Å². The number of aryl methyl sites for hydroxylation is 3. The lowest BCUT2D eigenvalue weighted by Gasteiger charge is -2.20. The highest BCUT2D eigenvalue weighted by atomic mass is 16.4. The molecule has 1 aromatic carbocycles. The topological polar surface area (TPSA) is 57.6 Å². The Balaban J connectivity index is 2.35. The van der Waals surface area contributed by atoms with Crippen molar-refractivity contribution in [1.82, 2.24) is 0 Å². The highest BCUT2D eigenvalue weighted by molar-refractivity contribution is 5.99. The molecular formula is C14H17NO3. The average Bonchev–Trinajstić information content (AvgIpc) is 2.66. The molecular weight excluding hydrogens is 230 g/mol. The first-order chi connectivity index (χ1) is 8.40. The lowest BCUT2D eigenvalue weighted by Crippen LogP contribution is -2.26. The van der Waals surface area contributed by atoms with Gasteiger partial charge in [-0.15, -0.1) is 0 Å². The number of hydrogen-bond donors (Lipinski definition) is 1. The van der Waals surface area contributed by atoms with Crippen LogP contribution in [0.15, 0.2) is 12.1 Å². The van der Waals surface area contributed by atoms with Gasteiger partial charge in [0, 0.05) is 18.7 Å². The molecule has 0 saturated carbocycles. The van der Waals surface area contributed by atoms with E-state index >= 15 is 0 Å². The maximum absolute atomic E-state index is 11.9. The minimum absolute atomic E-state index is 0.0989. The van der Waals surface area contributed by atoms with Crippen LogP contribution in [-0.2, 0) is 9.59 Å². The largest absolute Gasteiger partial charge is 0.481 e. The fourth-order valence-corrected chi connectivity index (χ4v) is 2.34. The molecule has 2 rings (SSSR count). The van der Waals surface area contributed by atoms with Gasteiger partial charge in [0.1, 0.15) is 0 Å². The van der Waals surface area contributed by atoms with Crippen molar-refractivity contribution in [2.24, 2.45) is 5.92 Å². The van der Waals surface area contributed by atoms with Crippen LogP contribution in [0.5, 0.6) is 0 Å². The van der Waals surface area contributed by atoms with Gasteiger partial charge in [-0.3, -0.25) is 9.59 Å². The Morgan fingerprint density at radius 2 is 1.83 bits per heavy atom. The number of carbonyl (C=O) groups excluding carboxylic acids is 1. The molecule has 0 radical (unpaired) electrons. The summed E-state index contributed by atoms with van der Waals surface area (Å²) in [6, 6.07) is 4.00. The number of nitrogens with zero attached hydrogens (tertiary/aromatic N) is 1. The fourth-order valence-electron chi connectivity index (χ4n) is 2.34. The smallest absolute Gasteiger partial charge is 0.308 e. The molecule has 96 valence electrons. The zero-order chi connectivity index (χ0) is 13.4. The number of anilines is 1. The minimum atomic E-state index is -0.896. The molecule has 1 saturated heterocycles. The average molecular weight is 247 g/mol.